The molecule has 1 aromatic carbocycles. The topological polar surface area (TPSA) is 63.4 Å². The monoisotopic (exact) mass is 377 g/mol. The molecule has 5 rings (SSSR count). The van der Waals surface area contributed by atoms with E-state index in [2.05, 4.69) is 46.3 Å². The molecule has 0 radical (unpaired) electrons. The van der Waals surface area contributed by atoms with E-state index in [-0.39, 0.29) is 11.7 Å². The van der Waals surface area contributed by atoms with Crippen molar-refractivity contribution in [1.29, 1.82) is 0 Å². The van der Waals surface area contributed by atoms with Crippen molar-refractivity contribution in [2.45, 2.75) is 39.5 Å². The first kappa shape index (κ1) is 18.6. The molecule has 2 aliphatic rings. The van der Waals surface area contributed by atoms with E-state index in [1.165, 1.54) is 24.0 Å². The van der Waals surface area contributed by atoms with Gasteiger partial charge in [0.25, 0.3) is 11.7 Å². The lowest BCUT2D eigenvalue weighted by Crippen LogP contribution is -2.30. The number of benzene rings is 1. The van der Waals surface area contributed by atoms with Crippen LogP contribution in [-0.2, 0) is 0 Å². The van der Waals surface area contributed by atoms with Gasteiger partial charge in [0.05, 0.1) is 0 Å². The van der Waals surface area contributed by atoms with Crippen molar-refractivity contribution in [2.75, 3.05) is 13.1 Å². The molecule has 6 heteroatoms. The Balaban J connectivity index is 0.000000932. The van der Waals surface area contributed by atoms with Crippen molar-refractivity contribution in [3.05, 3.63) is 59.7 Å². The molecule has 2 aromatic heterocycles. The standard InChI is InChI=1S/C20H21N5O.C2H6/c1-13-5-2-3-6-17(13)14-9-15-11-24(12-16(15)10-14)19(26)18-22-20-21-7-4-8-25(20)23-18;1-2/h2-8,14-16H,9-12H2,1H3;1-2H3/t14?,15-,16+;. The molecule has 1 unspecified atom stereocenters. The van der Waals surface area contributed by atoms with Gasteiger partial charge in [-0.2, -0.15) is 4.98 Å². The van der Waals surface area contributed by atoms with Crippen LogP contribution < -0.4 is 0 Å². The minimum atomic E-state index is -0.0719. The highest BCUT2D eigenvalue weighted by atomic mass is 16.2. The van der Waals surface area contributed by atoms with E-state index in [1.54, 1.807) is 23.0 Å². The third kappa shape index (κ3) is 3.28. The average Bonchev–Trinajstić information content (AvgIpc) is 3.42. The zero-order chi connectivity index (χ0) is 19.7. The highest BCUT2D eigenvalue weighted by molar-refractivity contribution is 5.91. The van der Waals surface area contributed by atoms with E-state index in [1.807, 2.05) is 18.7 Å². The molecule has 1 aliphatic heterocycles. The van der Waals surface area contributed by atoms with Crippen molar-refractivity contribution < 1.29 is 4.79 Å². The third-order valence-electron chi connectivity index (χ3n) is 5.97. The van der Waals surface area contributed by atoms with E-state index in [9.17, 15) is 4.79 Å². The lowest BCUT2D eigenvalue weighted by Gasteiger charge is -2.19. The number of hydrogen-bond acceptors (Lipinski definition) is 4. The van der Waals surface area contributed by atoms with Gasteiger partial charge in [-0.25, -0.2) is 9.50 Å². The third-order valence-corrected chi connectivity index (χ3v) is 5.97. The summed E-state index contributed by atoms with van der Waals surface area (Å²) in [5.74, 6) is 2.43. The number of aryl methyl sites for hydroxylation is 1. The summed E-state index contributed by atoms with van der Waals surface area (Å²) in [5, 5.41) is 4.28. The van der Waals surface area contributed by atoms with Gasteiger partial charge in [-0.15, -0.1) is 5.10 Å². The normalized spacial score (nSPS) is 23.4. The summed E-state index contributed by atoms with van der Waals surface area (Å²) in [4.78, 5) is 23.2. The predicted octanol–water partition coefficient (Wildman–Crippen LogP) is 3.72. The van der Waals surface area contributed by atoms with Gasteiger partial charge in [0.1, 0.15) is 0 Å². The Morgan fingerprint density at radius 3 is 2.46 bits per heavy atom. The van der Waals surface area contributed by atoms with E-state index in [0.717, 1.165) is 13.1 Å². The van der Waals surface area contributed by atoms with Crippen molar-refractivity contribution in [1.82, 2.24) is 24.5 Å². The van der Waals surface area contributed by atoms with Crippen LogP contribution in [0.25, 0.3) is 5.78 Å². The number of likely N-dealkylation sites (tertiary alicyclic amines) is 1. The maximum Gasteiger partial charge on any atom is 0.293 e. The lowest BCUT2D eigenvalue weighted by atomic mass is 9.92. The van der Waals surface area contributed by atoms with Crippen molar-refractivity contribution in [3.63, 3.8) is 0 Å². The van der Waals surface area contributed by atoms with Crippen LogP contribution in [-0.4, -0.2) is 43.5 Å². The van der Waals surface area contributed by atoms with E-state index in [4.69, 9.17) is 0 Å². The zero-order valence-electron chi connectivity index (χ0n) is 16.7. The Morgan fingerprint density at radius 2 is 1.79 bits per heavy atom. The number of fused-ring (bicyclic) bond motifs is 2. The molecular weight excluding hydrogens is 350 g/mol. The number of hydrogen-bond donors (Lipinski definition) is 0. The van der Waals surface area contributed by atoms with Crippen molar-refractivity contribution in [2.24, 2.45) is 11.8 Å². The fraction of sp³-hybridized carbons (Fsp3) is 0.455. The summed E-state index contributed by atoms with van der Waals surface area (Å²) >= 11 is 0. The van der Waals surface area contributed by atoms with Crippen LogP contribution in [0.15, 0.2) is 42.7 Å². The molecule has 0 bridgehead atoms. The van der Waals surface area contributed by atoms with Gasteiger partial charge < -0.3 is 4.90 Å². The Bertz CT molecular complexity index is 935. The highest BCUT2D eigenvalue weighted by Crippen LogP contribution is 2.46. The first-order valence-electron chi connectivity index (χ1n) is 10.2. The first-order valence-corrected chi connectivity index (χ1v) is 10.2. The summed E-state index contributed by atoms with van der Waals surface area (Å²) in [6, 6.07) is 10.5. The van der Waals surface area contributed by atoms with Crippen molar-refractivity contribution in [3.8, 4) is 0 Å². The molecule has 1 amide bonds. The van der Waals surface area contributed by atoms with Crippen LogP contribution in [0.5, 0.6) is 0 Å². The molecule has 6 nitrogen and oxygen atoms in total. The number of amides is 1. The molecule has 2 fully saturated rings. The van der Waals surface area contributed by atoms with Gasteiger partial charge in [0.2, 0.25) is 5.82 Å². The van der Waals surface area contributed by atoms with Crippen LogP contribution in [0.3, 0.4) is 0 Å². The zero-order valence-corrected chi connectivity index (χ0v) is 16.7. The van der Waals surface area contributed by atoms with Crippen LogP contribution in [0, 0.1) is 18.8 Å². The summed E-state index contributed by atoms with van der Waals surface area (Å²) in [5.41, 5.74) is 2.86. The van der Waals surface area contributed by atoms with Crippen LogP contribution in [0.1, 0.15) is 54.4 Å². The summed E-state index contributed by atoms with van der Waals surface area (Å²) in [6.45, 7) is 7.83. The largest absolute Gasteiger partial charge is 0.335 e. The van der Waals surface area contributed by atoms with Gasteiger partial charge in [0.15, 0.2) is 0 Å². The summed E-state index contributed by atoms with van der Waals surface area (Å²) in [7, 11) is 0. The fourth-order valence-electron chi connectivity index (χ4n) is 4.73. The molecule has 1 saturated carbocycles. The first-order chi connectivity index (χ1) is 13.7. The van der Waals surface area contributed by atoms with Gasteiger partial charge >= 0.3 is 0 Å². The number of nitrogens with zero attached hydrogens (tertiary/aromatic N) is 5. The SMILES string of the molecule is CC.Cc1ccccc1C1C[C@@H]2CN(C(=O)c3nc4ncccn4n3)C[C@@H]2C1. The molecule has 1 aliphatic carbocycles. The molecule has 3 heterocycles. The molecule has 3 atom stereocenters. The molecule has 0 N–H and O–H groups in total. The predicted molar refractivity (Wildman–Crippen MR) is 108 cm³/mol. The van der Waals surface area contributed by atoms with Gasteiger partial charge in [0, 0.05) is 25.5 Å². The average molecular weight is 377 g/mol. The molecule has 3 aromatic rings. The molecular formula is C22H27N5O. The number of rotatable bonds is 2. The van der Waals surface area contributed by atoms with Gasteiger partial charge in [-0.3, -0.25) is 4.79 Å². The van der Waals surface area contributed by atoms with Gasteiger partial charge in [-0.1, -0.05) is 38.1 Å². The second-order valence-electron chi connectivity index (χ2n) is 7.55. The maximum atomic E-state index is 12.8. The van der Waals surface area contributed by atoms with Gasteiger partial charge in [-0.05, 0) is 54.7 Å². The number of aromatic nitrogens is 4. The second-order valence-corrected chi connectivity index (χ2v) is 7.55. The Hall–Kier alpha value is -2.76. The van der Waals surface area contributed by atoms with Crippen LogP contribution in [0.4, 0.5) is 0 Å². The Labute approximate surface area is 165 Å². The quantitative estimate of drug-likeness (QED) is 0.683. The molecule has 146 valence electrons. The van der Waals surface area contributed by atoms with Crippen LogP contribution >= 0.6 is 0 Å². The van der Waals surface area contributed by atoms with E-state index >= 15 is 0 Å². The lowest BCUT2D eigenvalue weighted by molar-refractivity contribution is 0.0768. The fourth-order valence-corrected chi connectivity index (χ4v) is 4.73. The smallest absolute Gasteiger partial charge is 0.293 e. The van der Waals surface area contributed by atoms with E-state index in [0.29, 0.717) is 23.5 Å². The number of carbonyl (C=O) groups is 1. The highest BCUT2D eigenvalue weighted by Gasteiger charge is 2.43. The summed E-state index contributed by atoms with van der Waals surface area (Å²) < 4.78 is 1.55. The molecule has 28 heavy (non-hydrogen) atoms. The van der Waals surface area contributed by atoms with Crippen LogP contribution in [0.2, 0.25) is 0 Å². The molecule has 0 spiro atoms. The Morgan fingerprint density at radius 1 is 1.07 bits per heavy atom. The van der Waals surface area contributed by atoms with Crippen molar-refractivity contribution >= 4 is 11.7 Å². The minimum absolute atomic E-state index is 0.0719. The maximum absolute atomic E-state index is 12.8. The number of carbonyl (C=O) groups excluding carboxylic acids is 1. The van der Waals surface area contributed by atoms with E-state index < -0.39 is 0 Å². The molecule has 1 saturated heterocycles. The Kier molecular flexibility index (Phi) is 5.11. The minimum Gasteiger partial charge on any atom is -0.335 e. The summed E-state index contributed by atoms with van der Waals surface area (Å²) in [6.07, 6.45) is 5.75. The second kappa shape index (κ2) is 7.70.